The largest absolute Gasteiger partial charge is 0.369 e. The summed E-state index contributed by atoms with van der Waals surface area (Å²) in [5, 5.41) is 0. The number of thioether (sulfide) groups is 1. The maximum Gasteiger partial charge on any atom is 0.201 e. The van der Waals surface area contributed by atoms with Crippen molar-refractivity contribution in [2.75, 3.05) is 17.7 Å². The highest BCUT2D eigenvalue weighted by molar-refractivity contribution is 7.98. The van der Waals surface area contributed by atoms with Crippen LogP contribution < -0.4 is 5.73 Å². The van der Waals surface area contributed by atoms with E-state index in [0.717, 1.165) is 25.1 Å². The van der Waals surface area contributed by atoms with Crippen molar-refractivity contribution in [1.82, 2.24) is 9.55 Å². The van der Waals surface area contributed by atoms with Gasteiger partial charge in [0.2, 0.25) is 5.95 Å². The molecule has 0 spiro atoms. The maximum absolute atomic E-state index is 13.7. The molecular weight excluding hydrogens is 237 g/mol. The number of para-hydroxylation sites is 1. The van der Waals surface area contributed by atoms with E-state index in [-0.39, 0.29) is 5.82 Å². The number of nitrogens with zero attached hydrogens (tertiary/aromatic N) is 2. The molecule has 0 atom stereocenters. The Morgan fingerprint density at radius 2 is 2.24 bits per heavy atom. The second-order valence-electron chi connectivity index (χ2n) is 3.93. The number of aryl methyl sites for hydroxylation is 1. The summed E-state index contributed by atoms with van der Waals surface area (Å²) in [6.45, 7) is 0.726. The first kappa shape index (κ1) is 12.2. The molecule has 0 radical (unpaired) electrons. The van der Waals surface area contributed by atoms with E-state index in [1.807, 2.05) is 11.8 Å². The minimum Gasteiger partial charge on any atom is -0.369 e. The standard InChI is InChI=1S/C12H16FN3S/c1-17-8-3-2-7-16-11-9(13)5-4-6-10(11)15-12(16)14/h4-6H,2-3,7-8H2,1H3,(H2,14,15). The van der Waals surface area contributed by atoms with Crippen LogP contribution in [0.15, 0.2) is 18.2 Å². The summed E-state index contributed by atoms with van der Waals surface area (Å²) in [7, 11) is 0. The van der Waals surface area contributed by atoms with Crippen molar-refractivity contribution >= 4 is 28.7 Å². The van der Waals surface area contributed by atoms with Gasteiger partial charge >= 0.3 is 0 Å². The number of anilines is 1. The molecule has 0 saturated carbocycles. The number of hydrogen-bond acceptors (Lipinski definition) is 3. The fourth-order valence-corrected chi connectivity index (χ4v) is 2.40. The lowest BCUT2D eigenvalue weighted by molar-refractivity contribution is 0.610. The molecule has 2 aromatic rings. The monoisotopic (exact) mass is 253 g/mol. The summed E-state index contributed by atoms with van der Waals surface area (Å²) in [4.78, 5) is 4.17. The molecule has 17 heavy (non-hydrogen) atoms. The molecule has 2 rings (SSSR count). The Morgan fingerprint density at radius 1 is 1.41 bits per heavy atom. The molecule has 0 fully saturated rings. The van der Waals surface area contributed by atoms with Crippen LogP contribution in [0.4, 0.5) is 10.3 Å². The van der Waals surface area contributed by atoms with Crippen LogP contribution in [0.3, 0.4) is 0 Å². The molecule has 0 amide bonds. The average molecular weight is 253 g/mol. The molecule has 92 valence electrons. The zero-order chi connectivity index (χ0) is 12.3. The van der Waals surface area contributed by atoms with E-state index in [0.29, 0.717) is 17.0 Å². The number of rotatable bonds is 5. The number of hydrogen-bond donors (Lipinski definition) is 1. The Morgan fingerprint density at radius 3 is 3.00 bits per heavy atom. The van der Waals surface area contributed by atoms with Crippen molar-refractivity contribution in [1.29, 1.82) is 0 Å². The number of aromatic nitrogens is 2. The molecule has 1 aromatic heterocycles. The van der Waals surface area contributed by atoms with Crippen LogP contribution in [0.5, 0.6) is 0 Å². The van der Waals surface area contributed by atoms with E-state index in [4.69, 9.17) is 5.73 Å². The molecule has 0 aliphatic carbocycles. The summed E-state index contributed by atoms with van der Waals surface area (Å²) >= 11 is 1.82. The van der Waals surface area contributed by atoms with Gasteiger partial charge in [0, 0.05) is 6.54 Å². The first-order valence-corrected chi connectivity index (χ1v) is 7.02. The van der Waals surface area contributed by atoms with E-state index in [1.54, 1.807) is 16.7 Å². The van der Waals surface area contributed by atoms with Crippen molar-refractivity contribution in [2.24, 2.45) is 0 Å². The zero-order valence-corrected chi connectivity index (χ0v) is 10.6. The third kappa shape index (κ3) is 2.54. The van der Waals surface area contributed by atoms with Crippen molar-refractivity contribution in [3.05, 3.63) is 24.0 Å². The first-order valence-electron chi connectivity index (χ1n) is 5.63. The van der Waals surface area contributed by atoms with Gasteiger partial charge in [-0.2, -0.15) is 11.8 Å². The Kier molecular flexibility index (Phi) is 3.89. The minimum absolute atomic E-state index is 0.253. The van der Waals surface area contributed by atoms with E-state index in [1.165, 1.54) is 6.07 Å². The van der Waals surface area contributed by atoms with Crippen LogP contribution in [0.25, 0.3) is 11.0 Å². The fraction of sp³-hybridized carbons (Fsp3) is 0.417. The number of nitrogen functional groups attached to an aromatic ring is 1. The number of imidazole rings is 1. The van der Waals surface area contributed by atoms with E-state index < -0.39 is 0 Å². The molecule has 0 aliphatic heterocycles. The molecule has 1 heterocycles. The molecular formula is C12H16FN3S. The van der Waals surface area contributed by atoms with Crippen LogP contribution in [-0.4, -0.2) is 21.6 Å². The average Bonchev–Trinajstić information content (AvgIpc) is 2.62. The fourth-order valence-electron chi connectivity index (χ4n) is 1.90. The number of unbranched alkanes of at least 4 members (excludes halogenated alkanes) is 1. The topological polar surface area (TPSA) is 43.8 Å². The van der Waals surface area contributed by atoms with Gasteiger partial charge in [-0.25, -0.2) is 9.37 Å². The van der Waals surface area contributed by atoms with Crippen molar-refractivity contribution in [3.8, 4) is 0 Å². The van der Waals surface area contributed by atoms with Gasteiger partial charge in [-0.1, -0.05) is 6.07 Å². The minimum atomic E-state index is -0.253. The molecule has 0 saturated heterocycles. The van der Waals surface area contributed by atoms with E-state index in [9.17, 15) is 4.39 Å². The van der Waals surface area contributed by atoms with Gasteiger partial charge in [-0.3, -0.25) is 0 Å². The van der Waals surface area contributed by atoms with Crippen LogP contribution >= 0.6 is 11.8 Å². The first-order chi connectivity index (χ1) is 8.24. The third-order valence-corrected chi connectivity index (χ3v) is 3.42. The Labute approximate surface area is 104 Å². The Hall–Kier alpha value is -1.23. The highest BCUT2D eigenvalue weighted by atomic mass is 32.2. The van der Waals surface area contributed by atoms with Gasteiger partial charge in [0.05, 0.1) is 5.52 Å². The quantitative estimate of drug-likeness (QED) is 0.833. The third-order valence-electron chi connectivity index (χ3n) is 2.73. The highest BCUT2D eigenvalue weighted by Crippen LogP contribution is 2.21. The second-order valence-corrected chi connectivity index (χ2v) is 4.91. The smallest absolute Gasteiger partial charge is 0.201 e. The molecule has 0 bridgehead atoms. The number of halogens is 1. The number of benzene rings is 1. The molecule has 5 heteroatoms. The van der Waals surface area contributed by atoms with Crippen LogP contribution in [0.1, 0.15) is 12.8 Å². The highest BCUT2D eigenvalue weighted by Gasteiger charge is 2.11. The lowest BCUT2D eigenvalue weighted by Crippen LogP contribution is -2.04. The van der Waals surface area contributed by atoms with Gasteiger partial charge in [0.1, 0.15) is 11.3 Å². The zero-order valence-electron chi connectivity index (χ0n) is 9.82. The van der Waals surface area contributed by atoms with Crippen LogP contribution in [0.2, 0.25) is 0 Å². The maximum atomic E-state index is 13.7. The lowest BCUT2D eigenvalue weighted by atomic mass is 10.3. The summed E-state index contributed by atoms with van der Waals surface area (Å²) in [6, 6.07) is 4.89. The predicted octanol–water partition coefficient (Wildman–Crippen LogP) is 2.90. The van der Waals surface area contributed by atoms with Gasteiger partial charge in [-0.05, 0) is 37.0 Å². The van der Waals surface area contributed by atoms with E-state index in [2.05, 4.69) is 11.2 Å². The van der Waals surface area contributed by atoms with Crippen molar-refractivity contribution in [2.45, 2.75) is 19.4 Å². The second kappa shape index (κ2) is 5.40. The Bertz CT molecular complexity index is 510. The molecule has 2 N–H and O–H groups in total. The lowest BCUT2D eigenvalue weighted by Gasteiger charge is -2.06. The van der Waals surface area contributed by atoms with E-state index >= 15 is 0 Å². The summed E-state index contributed by atoms with van der Waals surface area (Å²) in [5.41, 5.74) is 6.97. The normalized spacial score (nSPS) is 11.2. The van der Waals surface area contributed by atoms with Crippen molar-refractivity contribution in [3.63, 3.8) is 0 Å². The van der Waals surface area contributed by atoms with Crippen LogP contribution in [-0.2, 0) is 6.54 Å². The summed E-state index contributed by atoms with van der Waals surface area (Å²) in [5.74, 6) is 1.26. The summed E-state index contributed by atoms with van der Waals surface area (Å²) in [6.07, 6.45) is 4.18. The number of nitrogens with two attached hydrogens (primary N) is 1. The Balaban J connectivity index is 2.23. The van der Waals surface area contributed by atoms with Crippen LogP contribution in [0, 0.1) is 5.82 Å². The van der Waals surface area contributed by atoms with Crippen molar-refractivity contribution < 1.29 is 4.39 Å². The molecule has 3 nitrogen and oxygen atoms in total. The van der Waals surface area contributed by atoms with Gasteiger partial charge in [-0.15, -0.1) is 0 Å². The SMILES string of the molecule is CSCCCCn1c(N)nc2cccc(F)c21. The summed E-state index contributed by atoms with van der Waals surface area (Å²) < 4.78 is 15.5. The van der Waals surface area contributed by atoms with Gasteiger partial charge in [0.15, 0.2) is 0 Å². The van der Waals surface area contributed by atoms with Gasteiger partial charge < -0.3 is 10.3 Å². The molecule has 0 unspecified atom stereocenters. The van der Waals surface area contributed by atoms with Gasteiger partial charge in [0.25, 0.3) is 0 Å². The number of fused-ring (bicyclic) bond motifs is 1. The molecule has 1 aromatic carbocycles. The molecule has 0 aliphatic rings. The predicted molar refractivity (Wildman–Crippen MR) is 71.7 cm³/mol.